The molecule has 0 amide bonds. The first-order valence-electron chi connectivity index (χ1n) is 7.35. The molecule has 0 aromatic carbocycles. The first-order chi connectivity index (χ1) is 10.3. The van der Waals surface area contributed by atoms with Gasteiger partial charge in [0.25, 0.3) is 0 Å². The van der Waals surface area contributed by atoms with E-state index in [1.54, 1.807) is 6.26 Å². The van der Waals surface area contributed by atoms with E-state index in [9.17, 15) is 0 Å². The number of H-pyrrole nitrogens is 1. The zero-order chi connectivity index (χ0) is 14.5. The number of hydrogen-bond donors (Lipinski definition) is 3. The molecular formula is C14H21IN6O. The van der Waals surface area contributed by atoms with Gasteiger partial charge in [-0.2, -0.15) is 5.10 Å². The highest BCUT2D eigenvalue weighted by Gasteiger charge is 2.22. The van der Waals surface area contributed by atoms with Crippen LogP contribution in [0.2, 0.25) is 0 Å². The van der Waals surface area contributed by atoms with Gasteiger partial charge < -0.3 is 15.1 Å². The molecule has 120 valence electrons. The average Bonchev–Trinajstić information content (AvgIpc) is 2.95. The summed E-state index contributed by atoms with van der Waals surface area (Å²) in [6, 6.07) is 4.26. The second-order valence-corrected chi connectivity index (χ2v) is 5.01. The second-order valence-electron chi connectivity index (χ2n) is 5.01. The lowest BCUT2D eigenvalue weighted by Gasteiger charge is -2.09. The topological polar surface area (TPSA) is 91.1 Å². The van der Waals surface area contributed by atoms with Crippen molar-refractivity contribution < 1.29 is 4.42 Å². The van der Waals surface area contributed by atoms with Crippen molar-refractivity contribution in [1.82, 2.24) is 25.8 Å². The SMILES string of the molecule is CCNC(=NCCc1nc(-c2ccco2)n[nH]1)NC1CC1.I. The Labute approximate surface area is 146 Å². The molecule has 7 nitrogen and oxygen atoms in total. The molecule has 0 saturated heterocycles. The smallest absolute Gasteiger partial charge is 0.216 e. The van der Waals surface area contributed by atoms with E-state index in [0.29, 0.717) is 24.2 Å². The van der Waals surface area contributed by atoms with Crippen LogP contribution in [0, 0.1) is 0 Å². The number of guanidine groups is 1. The molecule has 2 aromatic rings. The Morgan fingerprint density at radius 1 is 1.50 bits per heavy atom. The van der Waals surface area contributed by atoms with Crippen molar-refractivity contribution in [3.8, 4) is 11.6 Å². The average molecular weight is 416 g/mol. The molecular weight excluding hydrogens is 395 g/mol. The Kier molecular flexibility index (Phi) is 6.22. The molecule has 8 heteroatoms. The highest BCUT2D eigenvalue weighted by molar-refractivity contribution is 14.0. The van der Waals surface area contributed by atoms with Gasteiger partial charge in [0, 0.05) is 25.6 Å². The largest absolute Gasteiger partial charge is 0.461 e. The van der Waals surface area contributed by atoms with Crippen LogP contribution in [-0.2, 0) is 6.42 Å². The minimum absolute atomic E-state index is 0. The van der Waals surface area contributed by atoms with Crippen LogP contribution in [0.4, 0.5) is 0 Å². The van der Waals surface area contributed by atoms with E-state index in [-0.39, 0.29) is 24.0 Å². The highest BCUT2D eigenvalue weighted by atomic mass is 127. The molecule has 0 unspecified atom stereocenters. The Balaban J connectivity index is 0.00000176. The highest BCUT2D eigenvalue weighted by Crippen LogP contribution is 2.18. The van der Waals surface area contributed by atoms with Gasteiger partial charge in [-0.1, -0.05) is 0 Å². The Bertz CT molecular complexity index is 590. The van der Waals surface area contributed by atoms with Crippen LogP contribution in [0.5, 0.6) is 0 Å². The fourth-order valence-corrected chi connectivity index (χ4v) is 1.94. The summed E-state index contributed by atoms with van der Waals surface area (Å²) in [6.45, 7) is 3.59. The predicted molar refractivity (Wildman–Crippen MR) is 95.3 cm³/mol. The summed E-state index contributed by atoms with van der Waals surface area (Å²) in [5, 5.41) is 13.7. The Morgan fingerprint density at radius 2 is 2.36 bits per heavy atom. The summed E-state index contributed by atoms with van der Waals surface area (Å²) in [5.74, 6) is 2.95. The van der Waals surface area contributed by atoms with Crippen molar-refractivity contribution in [1.29, 1.82) is 0 Å². The monoisotopic (exact) mass is 416 g/mol. The van der Waals surface area contributed by atoms with Crippen LogP contribution in [-0.4, -0.2) is 40.3 Å². The molecule has 0 aliphatic heterocycles. The molecule has 1 fully saturated rings. The summed E-state index contributed by atoms with van der Waals surface area (Å²) in [7, 11) is 0. The van der Waals surface area contributed by atoms with Gasteiger partial charge in [0.2, 0.25) is 5.82 Å². The van der Waals surface area contributed by atoms with Crippen molar-refractivity contribution in [2.45, 2.75) is 32.2 Å². The van der Waals surface area contributed by atoms with E-state index in [4.69, 9.17) is 4.42 Å². The summed E-state index contributed by atoms with van der Waals surface area (Å²) in [5.41, 5.74) is 0. The molecule has 1 saturated carbocycles. The standard InChI is InChI=1S/C14H20N6O.HI/c1-2-15-14(17-10-5-6-10)16-8-7-12-18-13(20-19-12)11-4-3-9-21-11;/h3-4,9-10H,2,5-8H2,1H3,(H2,15,16,17)(H,18,19,20);1H. The molecule has 0 bridgehead atoms. The van der Waals surface area contributed by atoms with Crippen molar-refractivity contribution in [2.75, 3.05) is 13.1 Å². The van der Waals surface area contributed by atoms with Crippen molar-refractivity contribution in [3.05, 3.63) is 24.2 Å². The van der Waals surface area contributed by atoms with Crippen LogP contribution < -0.4 is 10.6 Å². The van der Waals surface area contributed by atoms with E-state index in [1.165, 1.54) is 12.8 Å². The molecule has 1 aliphatic rings. The lowest BCUT2D eigenvalue weighted by Crippen LogP contribution is -2.38. The fraction of sp³-hybridized carbons (Fsp3) is 0.500. The van der Waals surface area contributed by atoms with Gasteiger partial charge >= 0.3 is 0 Å². The van der Waals surface area contributed by atoms with Gasteiger partial charge in [-0.3, -0.25) is 10.1 Å². The lowest BCUT2D eigenvalue weighted by atomic mass is 10.4. The van der Waals surface area contributed by atoms with Crippen molar-refractivity contribution >= 4 is 29.9 Å². The van der Waals surface area contributed by atoms with E-state index in [0.717, 1.165) is 24.7 Å². The minimum Gasteiger partial charge on any atom is -0.461 e. The third-order valence-electron chi connectivity index (χ3n) is 3.15. The number of aromatic nitrogens is 3. The van der Waals surface area contributed by atoms with Crippen molar-refractivity contribution in [2.24, 2.45) is 4.99 Å². The molecule has 3 N–H and O–H groups in total. The Morgan fingerprint density at radius 3 is 3.05 bits per heavy atom. The predicted octanol–water partition coefficient (Wildman–Crippen LogP) is 1.94. The van der Waals surface area contributed by atoms with Gasteiger partial charge in [-0.25, -0.2) is 4.98 Å². The Hall–Kier alpha value is -1.58. The van der Waals surface area contributed by atoms with Gasteiger partial charge in [-0.15, -0.1) is 24.0 Å². The fourth-order valence-electron chi connectivity index (χ4n) is 1.94. The number of halogens is 1. The van der Waals surface area contributed by atoms with Crippen LogP contribution >= 0.6 is 24.0 Å². The first kappa shape index (κ1) is 16.8. The lowest BCUT2D eigenvalue weighted by molar-refractivity contribution is 0.577. The third kappa shape index (κ3) is 4.72. The van der Waals surface area contributed by atoms with Gasteiger partial charge in [0.1, 0.15) is 5.82 Å². The maximum Gasteiger partial charge on any atom is 0.216 e. The number of rotatable bonds is 6. The van der Waals surface area contributed by atoms with E-state index in [1.807, 2.05) is 12.1 Å². The maximum absolute atomic E-state index is 5.27. The van der Waals surface area contributed by atoms with Crippen LogP contribution in [0.15, 0.2) is 27.8 Å². The van der Waals surface area contributed by atoms with Crippen LogP contribution in [0.3, 0.4) is 0 Å². The molecule has 2 aromatic heterocycles. The summed E-state index contributed by atoms with van der Waals surface area (Å²) in [4.78, 5) is 8.94. The van der Waals surface area contributed by atoms with E-state index in [2.05, 4.69) is 37.7 Å². The number of aliphatic imine (C=N–C) groups is 1. The molecule has 1 aliphatic carbocycles. The molecule has 22 heavy (non-hydrogen) atoms. The third-order valence-corrected chi connectivity index (χ3v) is 3.15. The number of nitrogens with one attached hydrogen (secondary N) is 3. The van der Waals surface area contributed by atoms with E-state index < -0.39 is 0 Å². The van der Waals surface area contributed by atoms with Crippen LogP contribution in [0.1, 0.15) is 25.6 Å². The quantitative estimate of drug-likeness (QED) is 0.381. The number of nitrogens with zero attached hydrogens (tertiary/aromatic N) is 3. The van der Waals surface area contributed by atoms with E-state index >= 15 is 0 Å². The van der Waals surface area contributed by atoms with Gasteiger partial charge in [0.15, 0.2) is 11.7 Å². The molecule has 0 spiro atoms. The minimum atomic E-state index is 0. The molecule has 3 rings (SSSR count). The summed E-state index contributed by atoms with van der Waals surface area (Å²) < 4.78 is 5.27. The molecule has 0 radical (unpaired) electrons. The normalized spacial score (nSPS) is 14.5. The number of aromatic amines is 1. The first-order valence-corrected chi connectivity index (χ1v) is 7.35. The van der Waals surface area contributed by atoms with Crippen molar-refractivity contribution in [3.63, 3.8) is 0 Å². The van der Waals surface area contributed by atoms with Crippen LogP contribution in [0.25, 0.3) is 11.6 Å². The zero-order valence-corrected chi connectivity index (χ0v) is 14.8. The summed E-state index contributed by atoms with van der Waals surface area (Å²) in [6.07, 6.45) is 4.80. The molecule has 0 atom stereocenters. The number of hydrogen-bond acceptors (Lipinski definition) is 4. The maximum atomic E-state index is 5.27. The zero-order valence-electron chi connectivity index (χ0n) is 12.5. The second kappa shape index (κ2) is 8.16. The van der Waals surface area contributed by atoms with Gasteiger partial charge in [0.05, 0.1) is 6.26 Å². The molecule has 2 heterocycles. The summed E-state index contributed by atoms with van der Waals surface area (Å²) >= 11 is 0. The number of furan rings is 1. The van der Waals surface area contributed by atoms with Gasteiger partial charge in [-0.05, 0) is 31.9 Å².